The van der Waals surface area contributed by atoms with Gasteiger partial charge in [0.05, 0.1) is 6.54 Å². The number of hydrogen-bond acceptors (Lipinski definition) is 3. The van der Waals surface area contributed by atoms with Crippen molar-refractivity contribution in [1.29, 1.82) is 0 Å². The maximum atomic E-state index is 11.7. The van der Waals surface area contributed by atoms with Gasteiger partial charge in [-0.2, -0.15) is 0 Å². The smallest absolute Gasteiger partial charge is 0.220 e. The van der Waals surface area contributed by atoms with Crippen molar-refractivity contribution in [2.45, 2.75) is 46.1 Å². The average molecular weight is 268 g/mol. The number of rotatable bonds is 8. The van der Waals surface area contributed by atoms with Crippen molar-refractivity contribution < 1.29 is 4.79 Å². The van der Waals surface area contributed by atoms with E-state index in [1.165, 1.54) is 10.4 Å². The molecule has 1 unspecified atom stereocenters. The van der Waals surface area contributed by atoms with E-state index in [4.69, 9.17) is 5.73 Å². The molecule has 0 fully saturated rings. The lowest BCUT2D eigenvalue weighted by Crippen LogP contribution is -2.23. The molecular weight excluding hydrogens is 244 g/mol. The molecule has 0 saturated heterocycles. The molecule has 0 radical (unpaired) electrons. The second-order valence-corrected chi connectivity index (χ2v) is 5.69. The summed E-state index contributed by atoms with van der Waals surface area (Å²) in [5, 5.41) is 5.05. The second-order valence-electron chi connectivity index (χ2n) is 4.69. The number of nitrogens with two attached hydrogens (primary N) is 1. The monoisotopic (exact) mass is 268 g/mol. The fourth-order valence-electron chi connectivity index (χ4n) is 1.98. The van der Waals surface area contributed by atoms with E-state index in [1.807, 2.05) is 0 Å². The molecule has 1 aromatic rings. The van der Waals surface area contributed by atoms with Gasteiger partial charge >= 0.3 is 0 Å². The van der Waals surface area contributed by atoms with E-state index in [0.717, 1.165) is 19.3 Å². The van der Waals surface area contributed by atoms with Crippen molar-refractivity contribution in [3.63, 3.8) is 0 Å². The standard InChI is InChI=1S/C14H24N2OS/c1-3-12(6-8-15)4-5-14(17)16-10-13-11(2)7-9-18-13/h7,9,12H,3-6,8,10,15H2,1-2H3,(H,16,17). The highest BCUT2D eigenvalue weighted by Gasteiger charge is 2.09. The highest BCUT2D eigenvalue weighted by molar-refractivity contribution is 7.10. The number of carbonyl (C=O) groups is 1. The minimum Gasteiger partial charge on any atom is -0.351 e. The number of aryl methyl sites for hydroxylation is 1. The highest BCUT2D eigenvalue weighted by atomic mass is 32.1. The van der Waals surface area contributed by atoms with Crippen molar-refractivity contribution in [2.24, 2.45) is 11.7 Å². The summed E-state index contributed by atoms with van der Waals surface area (Å²) in [6, 6.07) is 2.08. The molecule has 1 rings (SSSR count). The highest BCUT2D eigenvalue weighted by Crippen LogP contribution is 2.16. The third-order valence-electron chi connectivity index (χ3n) is 3.35. The SMILES string of the molecule is CCC(CCN)CCC(=O)NCc1sccc1C. The maximum absolute atomic E-state index is 11.7. The van der Waals surface area contributed by atoms with Crippen LogP contribution in [0.2, 0.25) is 0 Å². The van der Waals surface area contributed by atoms with Crippen LogP contribution in [0.15, 0.2) is 11.4 Å². The van der Waals surface area contributed by atoms with E-state index in [9.17, 15) is 4.79 Å². The summed E-state index contributed by atoms with van der Waals surface area (Å²) in [5.41, 5.74) is 6.81. The molecule has 1 heterocycles. The topological polar surface area (TPSA) is 55.1 Å². The molecule has 0 spiro atoms. The van der Waals surface area contributed by atoms with Crippen LogP contribution < -0.4 is 11.1 Å². The number of hydrogen-bond donors (Lipinski definition) is 2. The van der Waals surface area contributed by atoms with E-state index in [0.29, 0.717) is 25.4 Å². The Morgan fingerprint density at radius 2 is 2.28 bits per heavy atom. The number of carbonyl (C=O) groups excluding carboxylic acids is 1. The summed E-state index contributed by atoms with van der Waals surface area (Å²) in [5.74, 6) is 0.738. The van der Waals surface area contributed by atoms with E-state index >= 15 is 0 Å². The van der Waals surface area contributed by atoms with Crippen molar-refractivity contribution >= 4 is 17.2 Å². The summed E-state index contributed by atoms with van der Waals surface area (Å²) in [4.78, 5) is 13.0. The number of nitrogens with one attached hydrogen (secondary N) is 1. The van der Waals surface area contributed by atoms with Gasteiger partial charge in [0, 0.05) is 11.3 Å². The predicted molar refractivity (Wildman–Crippen MR) is 77.6 cm³/mol. The summed E-state index contributed by atoms with van der Waals surface area (Å²) in [6.45, 7) is 5.62. The third kappa shape index (κ3) is 5.19. The van der Waals surface area contributed by atoms with Gasteiger partial charge in [-0.25, -0.2) is 0 Å². The molecule has 18 heavy (non-hydrogen) atoms. The molecule has 0 bridgehead atoms. The molecule has 0 aliphatic heterocycles. The Morgan fingerprint density at radius 1 is 1.50 bits per heavy atom. The van der Waals surface area contributed by atoms with Crippen LogP contribution in [0.1, 0.15) is 43.0 Å². The summed E-state index contributed by atoms with van der Waals surface area (Å²) in [7, 11) is 0. The molecule has 0 saturated carbocycles. The van der Waals surface area contributed by atoms with E-state index < -0.39 is 0 Å². The van der Waals surface area contributed by atoms with Crippen LogP contribution in [0, 0.1) is 12.8 Å². The van der Waals surface area contributed by atoms with Gasteiger partial charge < -0.3 is 11.1 Å². The molecule has 102 valence electrons. The Balaban J connectivity index is 2.23. The van der Waals surface area contributed by atoms with Gasteiger partial charge in [0.25, 0.3) is 0 Å². The lowest BCUT2D eigenvalue weighted by molar-refractivity contribution is -0.121. The Morgan fingerprint density at radius 3 is 2.83 bits per heavy atom. The summed E-state index contributed by atoms with van der Waals surface area (Å²) >= 11 is 1.70. The number of amides is 1. The Bertz CT molecular complexity index is 362. The zero-order valence-electron chi connectivity index (χ0n) is 11.4. The Hall–Kier alpha value is -0.870. The Labute approximate surface area is 114 Å². The lowest BCUT2D eigenvalue weighted by Gasteiger charge is -2.13. The second kappa shape index (κ2) is 8.27. The van der Waals surface area contributed by atoms with Crippen molar-refractivity contribution in [3.05, 3.63) is 21.9 Å². The first kappa shape index (κ1) is 15.2. The summed E-state index contributed by atoms with van der Waals surface area (Å²) in [6.07, 6.45) is 3.69. The molecule has 1 aromatic heterocycles. The predicted octanol–water partition coefficient (Wildman–Crippen LogP) is 2.83. The third-order valence-corrected chi connectivity index (χ3v) is 4.37. The van der Waals surface area contributed by atoms with Gasteiger partial charge in [-0.15, -0.1) is 11.3 Å². The first-order valence-corrected chi connectivity index (χ1v) is 7.55. The molecule has 1 amide bonds. The average Bonchev–Trinajstić information content (AvgIpc) is 2.77. The quantitative estimate of drug-likeness (QED) is 0.761. The van der Waals surface area contributed by atoms with E-state index in [2.05, 4.69) is 30.6 Å². The fourth-order valence-corrected chi connectivity index (χ4v) is 2.82. The molecule has 0 aliphatic carbocycles. The lowest BCUT2D eigenvalue weighted by atomic mass is 9.96. The van der Waals surface area contributed by atoms with Gasteiger partial charge in [0.1, 0.15) is 0 Å². The molecule has 4 heteroatoms. The minimum atomic E-state index is 0.151. The largest absolute Gasteiger partial charge is 0.351 e. The number of thiophene rings is 1. The van der Waals surface area contributed by atoms with Crippen molar-refractivity contribution in [1.82, 2.24) is 5.32 Å². The van der Waals surface area contributed by atoms with Gasteiger partial charge in [-0.1, -0.05) is 13.3 Å². The molecule has 0 aromatic carbocycles. The van der Waals surface area contributed by atoms with Gasteiger partial charge in [-0.05, 0) is 49.2 Å². The summed E-state index contributed by atoms with van der Waals surface area (Å²) < 4.78 is 0. The van der Waals surface area contributed by atoms with Crippen LogP contribution in [-0.4, -0.2) is 12.5 Å². The Kier molecular flexibility index (Phi) is 6.98. The minimum absolute atomic E-state index is 0.151. The molecule has 1 atom stereocenters. The first-order valence-electron chi connectivity index (χ1n) is 6.67. The van der Waals surface area contributed by atoms with Crippen molar-refractivity contribution in [2.75, 3.05) is 6.54 Å². The van der Waals surface area contributed by atoms with Crippen molar-refractivity contribution in [3.8, 4) is 0 Å². The van der Waals surface area contributed by atoms with Crippen LogP contribution in [0.4, 0.5) is 0 Å². The zero-order valence-corrected chi connectivity index (χ0v) is 12.2. The molecular formula is C14H24N2OS. The van der Waals surface area contributed by atoms with Crippen LogP contribution >= 0.6 is 11.3 Å². The first-order chi connectivity index (χ1) is 8.67. The van der Waals surface area contributed by atoms with Gasteiger partial charge in [0.15, 0.2) is 0 Å². The van der Waals surface area contributed by atoms with Gasteiger partial charge in [-0.3, -0.25) is 4.79 Å². The van der Waals surface area contributed by atoms with Crippen LogP contribution in [-0.2, 0) is 11.3 Å². The fraction of sp³-hybridized carbons (Fsp3) is 0.643. The normalized spacial score (nSPS) is 12.4. The van der Waals surface area contributed by atoms with E-state index in [-0.39, 0.29) is 5.91 Å². The van der Waals surface area contributed by atoms with Crippen LogP contribution in [0.25, 0.3) is 0 Å². The molecule has 3 N–H and O–H groups in total. The molecule has 3 nitrogen and oxygen atoms in total. The van der Waals surface area contributed by atoms with Crippen LogP contribution in [0.3, 0.4) is 0 Å². The zero-order chi connectivity index (χ0) is 13.4. The van der Waals surface area contributed by atoms with Crippen LogP contribution in [0.5, 0.6) is 0 Å². The maximum Gasteiger partial charge on any atom is 0.220 e. The van der Waals surface area contributed by atoms with E-state index in [1.54, 1.807) is 11.3 Å². The van der Waals surface area contributed by atoms with Gasteiger partial charge in [0.2, 0.25) is 5.91 Å². The molecule has 0 aliphatic rings.